The lowest BCUT2D eigenvalue weighted by Crippen LogP contribution is -2.37. The lowest BCUT2D eigenvalue weighted by molar-refractivity contribution is 0.0295. The molecule has 6 rings (SSSR count). The van der Waals surface area contributed by atoms with Gasteiger partial charge in [0.2, 0.25) is 15.8 Å². The quantitative estimate of drug-likeness (QED) is 0.116. The van der Waals surface area contributed by atoms with Crippen LogP contribution in [0.3, 0.4) is 0 Å². The topological polar surface area (TPSA) is 172 Å². The van der Waals surface area contributed by atoms with Crippen LogP contribution < -0.4 is 14.2 Å². The smallest absolute Gasteiger partial charge is 0.410 e. The van der Waals surface area contributed by atoms with Crippen LogP contribution in [0, 0.1) is 3.57 Å². The first-order valence-corrected chi connectivity index (χ1v) is 22.3. The highest BCUT2D eigenvalue weighted by Gasteiger charge is 2.43. The van der Waals surface area contributed by atoms with E-state index in [1.54, 1.807) is 88.5 Å². The van der Waals surface area contributed by atoms with Crippen molar-refractivity contribution in [2.24, 2.45) is 0 Å². The predicted octanol–water partition coefficient (Wildman–Crippen LogP) is 6.19. The van der Waals surface area contributed by atoms with E-state index in [4.69, 9.17) is 18.9 Å². The van der Waals surface area contributed by atoms with E-state index in [1.165, 1.54) is 40.4 Å². The fourth-order valence-corrected chi connectivity index (χ4v) is 11.4. The summed E-state index contributed by atoms with van der Waals surface area (Å²) >= 11 is 1.97. The largest absolute Gasteiger partial charge is 0.497 e. The van der Waals surface area contributed by atoms with Crippen LogP contribution in [0.4, 0.5) is 4.79 Å². The van der Waals surface area contributed by atoms with E-state index >= 15 is 8.42 Å². The molecule has 1 aliphatic rings. The molecule has 4 aromatic carbocycles. The number of halogens is 1. The fourth-order valence-electron chi connectivity index (χ4n) is 6.41. The SMILES string of the molecule is COc1ccc(CN(Cc2ccc(OC)cc2)S(=O)(=O)c2c(S(=O)(=O)C3CCN(C(=O)OC(C)(C)C)C3)ccc(I)c2-c2nnn(Cc3ccc(OC)cc3)n2)cc1. The summed E-state index contributed by atoms with van der Waals surface area (Å²) in [5.41, 5.74) is 1.27. The highest BCUT2D eigenvalue weighted by molar-refractivity contribution is 14.1. The molecule has 1 aromatic heterocycles. The van der Waals surface area contributed by atoms with Crippen LogP contribution in [-0.4, -0.2) is 97.6 Å². The third-order valence-corrected chi connectivity index (χ3v) is 14.5. The number of amides is 1. The molecule has 2 heterocycles. The summed E-state index contributed by atoms with van der Waals surface area (Å²) in [5, 5.41) is 12.0. The molecule has 18 heteroatoms. The van der Waals surface area contributed by atoms with E-state index < -0.39 is 46.6 Å². The number of ether oxygens (including phenoxy) is 4. The fraction of sp³-hybridized carbons (Fsp3) is 0.350. The van der Waals surface area contributed by atoms with E-state index in [9.17, 15) is 13.2 Å². The van der Waals surface area contributed by atoms with Gasteiger partial charge in [0, 0.05) is 29.7 Å². The zero-order valence-corrected chi connectivity index (χ0v) is 36.7. The van der Waals surface area contributed by atoms with Crippen LogP contribution in [0.1, 0.15) is 43.9 Å². The Kier molecular flexibility index (Phi) is 13.0. The molecule has 1 unspecified atom stereocenters. The van der Waals surface area contributed by atoms with Crippen molar-refractivity contribution in [2.75, 3.05) is 34.4 Å². The number of hydrogen-bond acceptors (Lipinski definition) is 12. The summed E-state index contributed by atoms with van der Waals surface area (Å²) in [4.78, 5) is 14.8. The average molecular weight is 945 g/mol. The minimum Gasteiger partial charge on any atom is -0.497 e. The molecule has 0 aliphatic carbocycles. The molecule has 308 valence electrons. The second-order valence-corrected chi connectivity index (χ2v) is 19.8. The van der Waals surface area contributed by atoms with Crippen LogP contribution in [0.5, 0.6) is 17.2 Å². The maximum absolute atomic E-state index is 15.5. The number of rotatable bonds is 14. The van der Waals surface area contributed by atoms with Gasteiger partial charge in [0.15, 0.2) is 9.84 Å². The summed E-state index contributed by atoms with van der Waals surface area (Å²) in [5.74, 6) is 1.76. The maximum atomic E-state index is 15.5. The average Bonchev–Trinajstić information content (AvgIpc) is 3.89. The summed E-state index contributed by atoms with van der Waals surface area (Å²) in [6, 6.07) is 24.0. The summed E-state index contributed by atoms with van der Waals surface area (Å²) in [6.45, 7) is 5.04. The van der Waals surface area contributed by atoms with Crippen molar-refractivity contribution in [1.29, 1.82) is 0 Å². The van der Waals surface area contributed by atoms with Crippen LogP contribution in [-0.2, 0) is 44.2 Å². The predicted molar refractivity (Wildman–Crippen MR) is 224 cm³/mol. The Hall–Kier alpha value is -4.79. The van der Waals surface area contributed by atoms with E-state index in [1.807, 2.05) is 34.7 Å². The molecule has 0 radical (unpaired) electrons. The maximum Gasteiger partial charge on any atom is 0.410 e. The number of benzene rings is 4. The molecule has 15 nitrogen and oxygen atoms in total. The van der Waals surface area contributed by atoms with Crippen molar-refractivity contribution in [3.8, 4) is 28.6 Å². The van der Waals surface area contributed by atoms with E-state index in [2.05, 4.69) is 15.4 Å². The van der Waals surface area contributed by atoms with E-state index in [-0.39, 0.29) is 50.5 Å². The van der Waals surface area contributed by atoms with Crippen LogP contribution in [0.15, 0.2) is 94.7 Å². The number of sulfonamides is 1. The molecule has 1 atom stereocenters. The summed E-state index contributed by atoms with van der Waals surface area (Å²) in [7, 11) is -4.53. The van der Waals surface area contributed by atoms with Crippen molar-refractivity contribution in [2.45, 2.75) is 67.5 Å². The molecule has 58 heavy (non-hydrogen) atoms. The molecule has 1 saturated heterocycles. The molecule has 0 saturated carbocycles. The normalized spacial score (nSPS) is 14.8. The third kappa shape index (κ3) is 9.73. The van der Waals surface area contributed by atoms with Gasteiger partial charge in [-0.2, -0.15) is 9.10 Å². The van der Waals surface area contributed by atoms with Crippen molar-refractivity contribution in [1.82, 2.24) is 29.4 Å². The Morgan fingerprint density at radius 2 is 1.31 bits per heavy atom. The second kappa shape index (κ2) is 17.6. The Labute approximate surface area is 352 Å². The molecule has 0 bridgehead atoms. The molecule has 1 aliphatic heterocycles. The van der Waals surface area contributed by atoms with Gasteiger partial charge in [0.05, 0.1) is 43.6 Å². The Morgan fingerprint density at radius 1 is 0.793 bits per heavy atom. The van der Waals surface area contributed by atoms with Gasteiger partial charge in [-0.3, -0.25) is 0 Å². The van der Waals surface area contributed by atoms with Crippen molar-refractivity contribution < 1.29 is 40.6 Å². The number of hydrogen-bond donors (Lipinski definition) is 0. The first-order chi connectivity index (χ1) is 27.5. The molecule has 0 spiro atoms. The number of sulfone groups is 1. The molecular formula is C40H45IN6O9S2. The number of carbonyl (C=O) groups excluding carboxylic acids is 1. The van der Waals surface area contributed by atoms with Gasteiger partial charge in [-0.15, -0.1) is 10.2 Å². The van der Waals surface area contributed by atoms with Crippen LogP contribution in [0.25, 0.3) is 11.4 Å². The molecule has 0 N–H and O–H groups in total. The first kappa shape index (κ1) is 42.8. The van der Waals surface area contributed by atoms with Crippen molar-refractivity contribution in [3.05, 3.63) is 105 Å². The Balaban J connectivity index is 1.50. The van der Waals surface area contributed by atoms with Crippen molar-refractivity contribution >= 4 is 48.5 Å². The van der Waals surface area contributed by atoms with Crippen molar-refractivity contribution in [3.63, 3.8) is 0 Å². The standard InChI is InChI=1S/C40H45IN6O9S2/c1-40(2,3)56-39(48)45-22-21-33(26-45)57(49,50)35-20-19-34(41)36(38-42-44-47(43-38)25-29-11-17-32(55-6)18-12-29)37(35)58(51,52)46(23-27-7-13-30(53-4)14-8-27)24-28-9-15-31(54-5)16-10-28/h7-20,33H,21-26H2,1-6H3. The van der Waals surface area contributed by atoms with Gasteiger partial charge >= 0.3 is 6.09 Å². The van der Waals surface area contributed by atoms with Crippen LogP contribution in [0.2, 0.25) is 0 Å². The number of aromatic nitrogens is 4. The minimum absolute atomic E-state index is 0.0147. The van der Waals surface area contributed by atoms with Gasteiger partial charge in [0.25, 0.3) is 0 Å². The minimum atomic E-state index is -4.73. The zero-order chi connectivity index (χ0) is 41.8. The first-order valence-electron chi connectivity index (χ1n) is 18.2. The lowest BCUT2D eigenvalue weighted by Gasteiger charge is -2.26. The van der Waals surface area contributed by atoms with E-state index in [0.29, 0.717) is 31.9 Å². The van der Waals surface area contributed by atoms with Gasteiger partial charge in [-0.25, -0.2) is 21.6 Å². The number of likely N-dealkylation sites (tertiary alicyclic amines) is 1. The molecule has 5 aromatic rings. The number of methoxy groups -OCH3 is 3. The van der Waals surface area contributed by atoms with Gasteiger partial charge < -0.3 is 23.8 Å². The lowest BCUT2D eigenvalue weighted by atomic mass is 10.2. The number of tetrazole rings is 1. The number of carbonyl (C=O) groups is 1. The third-order valence-electron chi connectivity index (χ3n) is 9.41. The number of nitrogens with zero attached hydrogens (tertiary/aromatic N) is 6. The second-order valence-electron chi connectivity index (χ2n) is 14.6. The van der Waals surface area contributed by atoms with Gasteiger partial charge in [-0.05, 0) is 120 Å². The van der Waals surface area contributed by atoms with Gasteiger partial charge in [-0.1, -0.05) is 36.4 Å². The highest BCUT2D eigenvalue weighted by atomic mass is 127. The Morgan fingerprint density at radius 3 is 1.81 bits per heavy atom. The summed E-state index contributed by atoms with van der Waals surface area (Å²) in [6.07, 6.45) is -0.579. The van der Waals surface area contributed by atoms with Gasteiger partial charge in [0.1, 0.15) is 27.7 Å². The highest BCUT2D eigenvalue weighted by Crippen LogP contribution is 2.40. The zero-order valence-electron chi connectivity index (χ0n) is 33.0. The Bertz CT molecular complexity index is 2410. The van der Waals surface area contributed by atoms with Crippen LogP contribution >= 0.6 is 22.6 Å². The summed E-state index contributed by atoms with van der Waals surface area (Å²) < 4.78 is 83.9. The molecular weight excluding hydrogens is 900 g/mol. The van der Waals surface area contributed by atoms with E-state index in [0.717, 1.165) is 5.56 Å². The molecule has 1 amide bonds. The molecule has 1 fully saturated rings. The monoisotopic (exact) mass is 944 g/mol.